The van der Waals surface area contributed by atoms with E-state index >= 15 is 0 Å². The average molecular weight is 604 g/mol. The van der Waals surface area contributed by atoms with Crippen LogP contribution in [0.25, 0.3) is 5.69 Å². The highest BCUT2D eigenvalue weighted by Gasteiger charge is 2.52. The van der Waals surface area contributed by atoms with Crippen molar-refractivity contribution >= 4 is 17.5 Å². The Morgan fingerprint density at radius 2 is 1.95 bits per heavy atom. The standard InChI is InChI=1S/C35H45N3O6/c1-24(2)10-6-11-25(3)18-21-38-30-17-16-27(37-20-9-14-31(44-5)33(37)41)22-29(30)35(43,34(38)42)26(4)12-7-15-32(40)36-19-8-13-28(36)23-39/h7,9-10,12,14,16-18,20,22,26,28,39,43H,6,8,11,13,15,19,21,23H2,1-5H3/b12-7+,25-18+/t26-,28-,35+/m0/s1. The topological polar surface area (TPSA) is 112 Å². The van der Waals surface area contributed by atoms with Gasteiger partial charge in [0.05, 0.1) is 25.4 Å². The summed E-state index contributed by atoms with van der Waals surface area (Å²) in [6.07, 6.45) is 12.7. The Bertz CT molecular complexity index is 1520. The molecule has 2 amide bonds. The first-order valence-corrected chi connectivity index (χ1v) is 15.3. The lowest BCUT2D eigenvalue weighted by atomic mass is 9.82. The maximum atomic E-state index is 14.1. The normalized spacial score (nSPS) is 20.8. The summed E-state index contributed by atoms with van der Waals surface area (Å²) >= 11 is 0. The third kappa shape index (κ3) is 6.74. The van der Waals surface area contributed by atoms with E-state index in [1.165, 1.54) is 17.3 Å². The minimum atomic E-state index is -1.92. The minimum absolute atomic E-state index is 0.0612. The van der Waals surface area contributed by atoms with Crippen molar-refractivity contribution in [3.05, 3.63) is 87.9 Å². The highest BCUT2D eigenvalue weighted by Crippen LogP contribution is 2.46. The summed E-state index contributed by atoms with van der Waals surface area (Å²) in [5, 5.41) is 21.8. The Kier molecular flexibility index (Phi) is 10.7. The summed E-state index contributed by atoms with van der Waals surface area (Å²) in [4.78, 5) is 43.2. The van der Waals surface area contributed by atoms with Crippen molar-refractivity contribution in [3.8, 4) is 11.4 Å². The third-order valence-corrected chi connectivity index (χ3v) is 8.66. The summed E-state index contributed by atoms with van der Waals surface area (Å²) in [6.45, 7) is 8.77. The first kappa shape index (κ1) is 33.0. The van der Waals surface area contributed by atoms with Gasteiger partial charge < -0.3 is 24.7 Å². The van der Waals surface area contributed by atoms with E-state index in [9.17, 15) is 24.6 Å². The molecule has 9 heteroatoms. The molecule has 3 heterocycles. The zero-order chi connectivity index (χ0) is 32.0. The van der Waals surface area contributed by atoms with Crippen LogP contribution in [-0.4, -0.2) is 64.3 Å². The van der Waals surface area contributed by atoms with Crippen LogP contribution >= 0.6 is 0 Å². The number of methoxy groups -OCH3 is 1. The van der Waals surface area contributed by atoms with Crippen molar-refractivity contribution in [3.63, 3.8) is 0 Å². The van der Waals surface area contributed by atoms with E-state index in [1.807, 2.05) is 13.0 Å². The van der Waals surface area contributed by atoms with E-state index in [2.05, 4.69) is 19.9 Å². The highest BCUT2D eigenvalue weighted by molar-refractivity contribution is 6.07. The van der Waals surface area contributed by atoms with Crippen molar-refractivity contribution in [2.45, 2.75) is 71.4 Å². The van der Waals surface area contributed by atoms with Gasteiger partial charge in [-0.3, -0.25) is 19.0 Å². The van der Waals surface area contributed by atoms with Crippen molar-refractivity contribution in [2.24, 2.45) is 5.92 Å². The van der Waals surface area contributed by atoms with Crippen molar-refractivity contribution in [1.82, 2.24) is 9.47 Å². The highest BCUT2D eigenvalue weighted by atomic mass is 16.5. The number of aliphatic hydroxyl groups excluding tert-OH is 1. The predicted octanol–water partition coefficient (Wildman–Crippen LogP) is 4.64. The van der Waals surface area contributed by atoms with Crippen LogP contribution in [0.2, 0.25) is 0 Å². The number of carbonyl (C=O) groups excluding carboxylic acids is 2. The van der Waals surface area contributed by atoms with Crippen LogP contribution in [0.4, 0.5) is 5.69 Å². The van der Waals surface area contributed by atoms with E-state index in [1.54, 1.807) is 65.4 Å². The number of likely N-dealkylation sites (tertiary alicyclic amines) is 1. The molecule has 4 rings (SSSR count). The number of anilines is 1. The third-order valence-electron chi connectivity index (χ3n) is 8.66. The second-order valence-electron chi connectivity index (χ2n) is 12.0. The number of hydrogen-bond acceptors (Lipinski definition) is 6. The summed E-state index contributed by atoms with van der Waals surface area (Å²) in [5.41, 5.74) is 1.58. The first-order chi connectivity index (χ1) is 21.0. The van der Waals surface area contributed by atoms with Crippen LogP contribution in [0.5, 0.6) is 5.75 Å². The van der Waals surface area contributed by atoms with Gasteiger partial charge in [-0.25, -0.2) is 0 Å². The van der Waals surface area contributed by atoms with E-state index in [-0.39, 0.29) is 36.3 Å². The van der Waals surface area contributed by atoms with Crippen LogP contribution in [0.3, 0.4) is 0 Å². The molecule has 0 spiro atoms. The number of hydrogen-bond donors (Lipinski definition) is 2. The van der Waals surface area contributed by atoms with Crippen LogP contribution in [0.1, 0.15) is 65.4 Å². The quantitative estimate of drug-likeness (QED) is 0.342. The predicted molar refractivity (Wildman–Crippen MR) is 172 cm³/mol. The second kappa shape index (κ2) is 14.2. The summed E-state index contributed by atoms with van der Waals surface area (Å²) in [5.74, 6) is -1.06. The molecule has 236 valence electrons. The molecule has 1 saturated heterocycles. The molecule has 2 aliphatic heterocycles. The number of benzene rings is 1. The molecule has 0 aliphatic carbocycles. The van der Waals surface area contributed by atoms with Crippen LogP contribution in [0.15, 0.2) is 76.8 Å². The number of fused-ring (bicyclic) bond motifs is 1. The fourth-order valence-electron chi connectivity index (χ4n) is 6.02. The summed E-state index contributed by atoms with van der Waals surface area (Å²) in [6, 6.07) is 8.32. The van der Waals surface area contributed by atoms with E-state index in [0.717, 1.165) is 31.3 Å². The Hall–Kier alpha value is -3.95. The fraction of sp³-hybridized carbons (Fsp3) is 0.457. The number of aromatic nitrogens is 1. The molecular formula is C35H45N3O6. The molecule has 1 fully saturated rings. The number of ether oxygens (including phenoxy) is 1. The van der Waals surface area contributed by atoms with Gasteiger partial charge >= 0.3 is 0 Å². The number of rotatable bonds is 12. The van der Waals surface area contributed by atoms with Gasteiger partial charge in [0, 0.05) is 42.9 Å². The van der Waals surface area contributed by atoms with Crippen molar-refractivity contribution < 1.29 is 24.5 Å². The van der Waals surface area contributed by atoms with Crippen molar-refractivity contribution in [1.29, 1.82) is 0 Å². The summed E-state index contributed by atoms with van der Waals surface area (Å²) in [7, 11) is 1.43. The Balaban J connectivity index is 1.67. The molecule has 1 aromatic carbocycles. The number of aliphatic hydroxyl groups is 2. The van der Waals surface area contributed by atoms with Gasteiger partial charge in [0.15, 0.2) is 11.4 Å². The second-order valence-corrected chi connectivity index (χ2v) is 12.0. The van der Waals surface area contributed by atoms with Gasteiger partial charge in [0.1, 0.15) is 0 Å². The number of pyridine rings is 1. The molecule has 0 radical (unpaired) electrons. The molecule has 2 aromatic rings. The molecular weight excluding hydrogens is 558 g/mol. The molecule has 2 N–H and O–H groups in total. The molecule has 0 unspecified atom stereocenters. The Morgan fingerprint density at radius 1 is 1.18 bits per heavy atom. The Labute approximate surface area is 259 Å². The lowest BCUT2D eigenvalue weighted by Crippen LogP contribution is -2.44. The number of allylic oxidation sites excluding steroid dienone is 3. The number of nitrogens with zero attached hydrogens (tertiary/aromatic N) is 3. The van der Waals surface area contributed by atoms with E-state index in [4.69, 9.17) is 4.74 Å². The molecule has 0 saturated carbocycles. The van der Waals surface area contributed by atoms with Gasteiger partial charge in [-0.15, -0.1) is 0 Å². The monoisotopic (exact) mass is 603 g/mol. The van der Waals surface area contributed by atoms with Gasteiger partial charge in [0.2, 0.25) is 5.91 Å². The number of carbonyl (C=O) groups is 2. The molecule has 0 bridgehead atoms. The van der Waals surface area contributed by atoms with Gasteiger partial charge in [0.25, 0.3) is 11.5 Å². The SMILES string of the molecule is COc1cccn(-c2ccc3c(c2)[C@](O)([C@@H](C)/C=C/CC(=O)N2CCC[C@H]2CO)C(=O)N3C/C=C(\C)CCC=C(C)C)c1=O. The molecule has 44 heavy (non-hydrogen) atoms. The van der Waals surface area contributed by atoms with Crippen LogP contribution in [-0.2, 0) is 15.2 Å². The largest absolute Gasteiger partial charge is 0.491 e. The average Bonchev–Trinajstić information content (AvgIpc) is 3.57. The molecule has 3 atom stereocenters. The smallest absolute Gasteiger partial charge is 0.297 e. The molecule has 1 aromatic heterocycles. The van der Waals surface area contributed by atoms with Crippen LogP contribution in [0, 0.1) is 5.92 Å². The molecule has 2 aliphatic rings. The van der Waals surface area contributed by atoms with E-state index < -0.39 is 17.4 Å². The zero-order valence-electron chi connectivity index (χ0n) is 26.5. The Morgan fingerprint density at radius 3 is 2.66 bits per heavy atom. The lowest BCUT2D eigenvalue weighted by molar-refractivity contribution is -0.139. The maximum Gasteiger partial charge on any atom is 0.297 e. The maximum absolute atomic E-state index is 14.1. The van der Waals surface area contributed by atoms with Crippen LogP contribution < -0.4 is 15.2 Å². The van der Waals surface area contributed by atoms with Gasteiger partial charge in [-0.05, 0) is 76.8 Å². The minimum Gasteiger partial charge on any atom is -0.491 e. The van der Waals surface area contributed by atoms with E-state index in [0.29, 0.717) is 30.0 Å². The fourth-order valence-corrected chi connectivity index (χ4v) is 6.02. The van der Waals surface area contributed by atoms with Gasteiger partial charge in [-0.2, -0.15) is 0 Å². The zero-order valence-corrected chi connectivity index (χ0v) is 26.5. The van der Waals surface area contributed by atoms with Gasteiger partial charge in [-0.1, -0.05) is 42.4 Å². The lowest BCUT2D eigenvalue weighted by Gasteiger charge is -2.28. The molecule has 9 nitrogen and oxygen atoms in total. The number of amides is 2. The summed E-state index contributed by atoms with van der Waals surface area (Å²) < 4.78 is 6.64. The van der Waals surface area contributed by atoms with Crippen molar-refractivity contribution in [2.75, 3.05) is 31.7 Å². The first-order valence-electron chi connectivity index (χ1n) is 15.3.